The fraction of sp³-hybridized carbons (Fsp3) is 0.533. The summed E-state index contributed by atoms with van der Waals surface area (Å²) in [7, 11) is 1.65. The van der Waals surface area contributed by atoms with E-state index >= 15 is 0 Å². The monoisotopic (exact) mass is 264 g/mol. The van der Waals surface area contributed by atoms with Gasteiger partial charge in [-0.25, -0.2) is 0 Å². The molecule has 4 nitrogen and oxygen atoms in total. The number of hydrogen-bond acceptors (Lipinski definition) is 3. The molecule has 1 amide bonds. The molecule has 1 atom stereocenters. The van der Waals surface area contributed by atoms with Gasteiger partial charge in [0, 0.05) is 24.4 Å². The zero-order valence-corrected chi connectivity index (χ0v) is 12.2. The van der Waals surface area contributed by atoms with E-state index in [1.165, 1.54) is 0 Å². The molecule has 106 valence electrons. The first-order valence-corrected chi connectivity index (χ1v) is 6.52. The number of amides is 1. The predicted octanol–water partition coefficient (Wildman–Crippen LogP) is 1.83. The second-order valence-corrected chi connectivity index (χ2v) is 5.57. The van der Waals surface area contributed by atoms with Crippen LogP contribution in [0.4, 0.5) is 0 Å². The van der Waals surface area contributed by atoms with E-state index in [9.17, 15) is 4.79 Å². The summed E-state index contributed by atoms with van der Waals surface area (Å²) >= 11 is 0. The van der Waals surface area contributed by atoms with Gasteiger partial charge in [-0.05, 0) is 24.6 Å². The third-order valence-electron chi connectivity index (χ3n) is 3.09. The molecule has 19 heavy (non-hydrogen) atoms. The second-order valence-electron chi connectivity index (χ2n) is 5.57. The average Bonchev–Trinajstić information content (AvgIpc) is 2.36. The van der Waals surface area contributed by atoms with E-state index in [-0.39, 0.29) is 17.4 Å². The normalized spacial score (nSPS) is 12.9. The van der Waals surface area contributed by atoms with E-state index in [1.807, 2.05) is 31.2 Å². The van der Waals surface area contributed by atoms with Gasteiger partial charge in [-0.1, -0.05) is 26.0 Å². The molecule has 1 aromatic rings. The summed E-state index contributed by atoms with van der Waals surface area (Å²) in [5.74, 6) is 0.818. The Bertz CT molecular complexity index is 428. The Balaban J connectivity index is 2.66. The van der Waals surface area contributed by atoms with Gasteiger partial charge in [-0.2, -0.15) is 0 Å². The molecule has 0 spiro atoms. The highest BCUT2D eigenvalue weighted by atomic mass is 16.5. The number of carbonyl (C=O) groups is 1. The van der Waals surface area contributed by atoms with Gasteiger partial charge in [-0.15, -0.1) is 0 Å². The smallest absolute Gasteiger partial charge is 0.221 e. The highest BCUT2D eigenvalue weighted by Gasteiger charge is 2.22. The molecular weight excluding hydrogens is 240 g/mol. The maximum Gasteiger partial charge on any atom is 0.221 e. The van der Waals surface area contributed by atoms with E-state index in [2.05, 4.69) is 19.2 Å². The van der Waals surface area contributed by atoms with Crippen LogP contribution in [0.1, 0.15) is 32.8 Å². The molecule has 0 heterocycles. The van der Waals surface area contributed by atoms with Crippen LogP contribution < -0.4 is 15.8 Å². The van der Waals surface area contributed by atoms with Gasteiger partial charge in [0.25, 0.3) is 0 Å². The van der Waals surface area contributed by atoms with Crippen LogP contribution in [0.5, 0.6) is 5.75 Å². The van der Waals surface area contributed by atoms with Crippen LogP contribution in [0.3, 0.4) is 0 Å². The number of ether oxygens (including phenoxy) is 1. The lowest BCUT2D eigenvalue weighted by molar-refractivity contribution is -0.121. The van der Waals surface area contributed by atoms with Gasteiger partial charge >= 0.3 is 0 Å². The number of rotatable bonds is 6. The van der Waals surface area contributed by atoms with Crippen LogP contribution in [-0.4, -0.2) is 25.6 Å². The van der Waals surface area contributed by atoms with Crippen LogP contribution in [0, 0.1) is 0 Å². The standard InChI is InChI=1S/C15H24N2O2/c1-11(16)8-14(18)17-10-15(2,3)12-6-5-7-13(9-12)19-4/h5-7,9,11H,8,10,16H2,1-4H3,(H,17,18). The minimum Gasteiger partial charge on any atom is -0.497 e. The molecule has 1 unspecified atom stereocenters. The summed E-state index contributed by atoms with van der Waals surface area (Å²) in [6.45, 7) is 6.58. The van der Waals surface area contributed by atoms with Crippen molar-refractivity contribution in [2.45, 2.75) is 38.6 Å². The Labute approximate surface area is 115 Å². The summed E-state index contributed by atoms with van der Waals surface area (Å²) in [5.41, 5.74) is 6.59. The highest BCUT2D eigenvalue weighted by Crippen LogP contribution is 2.25. The first-order chi connectivity index (χ1) is 8.85. The molecule has 0 saturated carbocycles. The summed E-state index contributed by atoms with van der Waals surface area (Å²) in [6.07, 6.45) is 0.355. The minimum absolute atomic E-state index is 0.00836. The molecule has 0 radical (unpaired) electrons. The molecule has 0 aliphatic rings. The zero-order chi connectivity index (χ0) is 14.5. The Morgan fingerprint density at radius 3 is 2.74 bits per heavy atom. The molecule has 0 aliphatic carbocycles. The zero-order valence-electron chi connectivity index (χ0n) is 12.2. The molecular formula is C15H24N2O2. The predicted molar refractivity (Wildman–Crippen MR) is 77.3 cm³/mol. The van der Waals surface area contributed by atoms with Crippen LogP contribution in [0.15, 0.2) is 24.3 Å². The average molecular weight is 264 g/mol. The van der Waals surface area contributed by atoms with E-state index in [0.717, 1.165) is 11.3 Å². The summed E-state index contributed by atoms with van der Waals surface area (Å²) in [4.78, 5) is 11.6. The van der Waals surface area contributed by atoms with E-state index in [4.69, 9.17) is 10.5 Å². The highest BCUT2D eigenvalue weighted by molar-refractivity contribution is 5.76. The van der Waals surface area contributed by atoms with E-state index < -0.39 is 0 Å². The summed E-state index contributed by atoms with van der Waals surface area (Å²) in [5, 5.41) is 2.93. The second kappa shape index (κ2) is 6.57. The van der Waals surface area contributed by atoms with Crippen LogP contribution in [0.25, 0.3) is 0 Å². The fourth-order valence-corrected chi connectivity index (χ4v) is 1.83. The molecule has 1 aromatic carbocycles. The van der Waals surface area contributed by atoms with Crippen molar-refractivity contribution >= 4 is 5.91 Å². The van der Waals surface area contributed by atoms with Gasteiger partial charge in [-0.3, -0.25) is 4.79 Å². The lowest BCUT2D eigenvalue weighted by atomic mass is 9.84. The third-order valence-corrected chi connectivity index (χ3v) is 3.09. The number of carbonyl (C=O) groups excluding carboxylic acids is 1. The van der Waals surface area contributed by atoms with Crippen molar-refractivity contribution in [3.8, 4) is 5.75 Å². The first-order valence-electron chi connectivity index (χ1n) is 6.52. The van der Waals surface area contributed by atoms with Crippen molar-refractivity contribution in [1.29, 1.82) is 0 Å². The number of methoxy groups -OCH3 is 1. The fourth-order valence-electron chi connectivity index (χ4n) is 1.83. The van der Waals surface area contributed by atoms with Crippen molar-refractivity contribution < 1.29 is 9.53 Å². The van der Waals surface area contributed by atoms with Crippen LogP contribution in [-0.2, 0) is 10.2 Å². The third kappa shape index (κ3) is 4.91. The number of hydrogen-bond donors (Lipinski definition) is 2. The molecule has 4 heteroatoms. The number of nitrogens with one attached hydrogen (secondary N) is 1. The van der Waals surface area contributed by atoms with Gasteiger partial charge < -0.3 is 15.8 Å². The quantitative estimate of drug-likeness (QED) is 0.824. The Hall–Kier alpha value is -1.55. The largest absolute Gasteiger partial charge is 0.497 e. The van der Waals surface area contributed by atoms with E-state index in [1.54, 1.807) is 7.11 Å². The topological polar surface area (TPSA) is 64.3 Å². The van der Waals surface area contributed by atoms with Crippen LogP contribution in [0.2, 0.25) is 0 Å². The Kier molecular flexibility index (Phi) is 5.36. The Morgan fingerprint density at radius 1 is 1.47 bits per heavy atom. The van der Waals surface area contributed by atoms with Gasteiger partial charge in [0.1, 0.15) is 5.75 Å². The number of benzene rings is 1. The maximum absolute atomic E-state index is 11.6. The Morgan fingerprint density at radius 2 is 2.16 bits per heavy atom. The maximum atomic E-state index is 11.6. The molecule has 0 bridgehead atoms. The van der Waals surface area contributed by atoms with Gasteiger partial charge in [0.15, 0.2) is 0 Å². The number of nitrogens with two attached hydrogens (primary N) is 1. The summed E-state index contributed by atoms with van der Waals surface area (Å²) < 4.78 is 5.22. The van der Waals surface area contributed by atoms with Crippen molar-refractivity contribution in [3.63, 3.8) is 0 Å². The van der Waals surface area contributed by atoms with Crippen molar-refractivity contribution in [1.82, 2.24) is 5.32 Å². The lowest BCUT2D eigenvalue weighted by Crippen LogP contribution is -2.38. The molecule has 0 aliphatic heterocycles. The molecule has 0 saturated heterocycles. The first kappa shape index (κ1) is 15.5. The van der Waals surface area contributed by atoms with Crippen molar-refractivity contribution in [2.24, 2.45) is 5.73 Å². The molecule has 3 N–H and O–H groups in total. The SMILES string of the molecule is COc1cccc(C(C)(C)CNC(=O)CC(C)N)c1. The van der Waals surface area contributed by atoms with Gasteiger partial charge in [0.05, 0.1) is 7.11 Å². The van der Waals surface area contributed by atoms with E-state index in [0.29, 0.717) is 13.0 Å². The molecule has 1 rings (SSSR count). The molecule has 0 fully saturated rings. The van der Waals surface area contributed by atoms with Crippen molar-refractivity contribution in [2.75, 3.05) is 13.7 Å². The molecule has 0 aromatic heterocycles. The minimum atomic E-state index is -0.151. The van der Waals surface area contributed by atoms with Crippen LogP contribution >= 0.6 is 0 Å². The summed E-state index contributed by atoms with van der Waals surface area (Å²) in [6, 6.07) is 7.80. The van der Waals surface area contributed by atoms with Crippen molar-refractivity contribution in [3.05, 3.63) is 29.8 Å². The lowest BCUT2D eigenvalue weighted by Gasteiger charge is -2.26. The van der Waals surface area contributed by atoms with Gasteiger partial charge in [0.2, 0.25) is 5.91 Å².